The van der Waals surface area contributed by atoms with Crippen LogP contribution in [0.3, 0.4) is 0 Å². The molecule has 1 aliphatic heterocycles. The van der Waals surface area contributed by atoms with E-state index in [0.717, 1.165) is 30.9 Å². The molecule has 0 aliphatic carbocycles. The summed E-state index contributed by atoms with van der Waals surface area (Å²) in [6, 6.07) is 13.4. The van der Waals surface area contributed by atoms with Gasteiger partial charge in [0.05, 0.1) is 5.69 Å². The molecular weight excluding hydrogens is 274 g/mol. The molecule has 1 saturated heterocycles. The van der Waals surface area contributed by atoms with E-state index in [1.165, 1.54) is 12.8 Å². The molecule has 3 rings (SSSR count). The van der Waals surface area contributed by atoms with Gasteiger partial charge in [-0.2, -0.15) is 0 Å². The Morgan fingerprint density at radius 2 is 1.86 bits per heavy atom. The lowest BCUT2D eigenvalue weighted by molar-refractivity contribution is 0.0950. The number of hydrogen-bond donors (Lipinski definition) is 1. The van der Waals surface area contributed by atoms with Crippen LogP contribution in [0.4, 0.5) is 0 Å². The first-order chi connectivity index (χ1) is 10.8. The SMILES string of the molecule is O=C(NCCN1CCCC1)c1ccc(-c2ccccn2)cc1. The number of nitrogens with zero attached hydrogens (tertiary/aromatic N) is 2. The first-order valence-electron chi connectivity index (χ1n) is 7.85. The summed E-state index contributed by atoms with van der Waals surface area (Å²) in [6.45, 7) is 3.97. The van der Waals surface area contributed by atoms with E-state index in [4.69, 9.17) is 0 Å². The lowest BCUT2D eigenvalue weighted by Gasteiger charge is -2.14. The van der Waals surface area contributed by atoms with E-state index < -0.39 is 0 Å². The summed E-state index contributed by atoms with van der Waals surface area (Å²) in [4.78, 5) is 18.8. The Balaban J connectivity index is 1.54. The van der Waals surface area contributed by atoms with Gasteiger partial charge >= 0.3 is 0 Å². The molecule has 0 unspecified atom stereocenters. The topological polar surface area (TPSA) is 45.2 Å². The van der Waals surface area contributed by atoms with Gasteiger partial charge in [0, 0.05) is 30.4 Å². The summed E-state index contributed by atoms with van der Waals surface area (Å²) < 4.78 is 0. The highest BCUT2D eigenvalue weighted by Gasteiger charge is 2.11. The molecule has 2 aromatic rings. The monoisotopic (exact) mass is 295 g/mol. The van der Waals surface area contributed by atoms with Gasteiger partial charge in [0.2, 0.25) is 0 Å². The van der Waals surface area contributed by atoms with Gasteiger partial charge in [-0.25, -0.2) is 0 Å². The Morgan fingerprint density at radius 1 is 1.09 bits per heavy atom. The molecule has 0 saturated carbocycles. The van der Waals surface area contributed by atoms with E-state index >= 15 is 0 Å². The van der Waals surface area contributed by atoms with Gasteiger partial charge in [-0.3, -0.25) is 9.78 Å². The van der Waals surface area contributed by atoms with Crippen molar-refractivity contribution in [3.63, 3.8) is 0 Å². The summed E-state index contributed by atoms with van der Waals surface area (Å²) >= 11 is 0. The Labute approximate surface area is 131 Å². The van der Waals surface area contributed by atoms with Crippen molar-refractivity contribution in [3.05, 3.63) is 54.2 Å². The third kappa shape index (κ3) is 3.71. The normalized spacial score (nSPS) is 14.9. The van der Waals surface area contributed by atoms with Crippen LogP contribution in [0.5, 0.6) is 0 Å². The van der Waals surface area contributed by atoms with E-state index in [-0.39, 0.29) is 5.91 Å². The minimum Gasteiger partial charge on any atom is -0.351 e. The van der Waals surface area contributed by atoms with Crippen LogP contribution in [0, 0.1) is 0 Å². The first kappa shape index (κ1) is 14.7. The van der Waals surface area contributed by atoms with Crippen LogP contribution in [-0.4, -0.2) is 42.0 Å². The highest BCUT2D eigenvalue weighted by molar-refractivity contribution is 5.94. The summed E-state index contributed by atoms with van der Waals surface area (Å²) in [5, 5.41) is 2.99. The van der Waals surface area contributed by atoms with Crippen LogP contribution in [-0.2, 0) is 0 Å². The molecule has 1 N–H and O–H groups in total. The molecule has 0 bridgehead atoms. The van der Waals surface area contributed by atoms with Crippen LogP contribution in [0.1, 0.15) is 23.2 Å². The van der Waals surface area contributed by atoms with Gasteiger partial charge in [-0.05, 0) is 50.2 Å². The average Bonchev–Trinajstić information content (AvgIpc) is 3.09. The third-order valence-corrected chi connectivity index (χ3v) is 4.02. The number of nitrogens with one attached hydrogen (secondary N) is 1. The van der Waals surface area contributed by atoms with Crippen LogP contribution in [0.2, 0.25) is 0 Å². The minimum atomic E-state index is -0.00762. The fourth-order valence-electron chi connectivity index (χ4n) is 2.76. The molecule has 1 aliphatic rings. The Morgan fingerprint density at radius 3 is 2.55 bits per heavy atom. The van der Waals surface area contributed by atoms with Crippen LogP contribution < -0.4 is 5.32 Å². The van der Waals surface area contributed by atoms with E-state index in [0.29, 0.717) is 12.1 Å². The summed E-state index contributed by atoms with van der Waals surface area (Å²) in [7, 11) is 0. The largest absolute Gasteiger partial charge is 0.351 e. The highest BCUT2D eigenvalue weighted by Crippen LogP contribution is 2.16. The number of hydrogen-bond acceptors (Lipinski definition) is 3. The van der Waals surface area contributed by atoms with E-state index in [1.54, 1.807) is 6.20 Å². The van der Waals surface area contributed by atoms with Gasteiger partial charge in [-0.1, -0.05) is 18.2 Å². The average molecular weight is 295 g/mol. The van der Waals surface area contributed by atoms with Crippen molar-refractivity contribution in [3.8, 4) is 11.3 Å². The molecule has 0 spiro atoms. The molecular formula is C18H21N3O. The maximum Gasteiger partial charge on any atom is 0.251 e. The zero-order valence-corrected chi connectivity index (χ0v) is 12.7. The molecule has 2 heterocycles. The second-order valence-corrected chi connectivity index (χ2v) is 5.60. The van der Waals surface area contributed by atoms with Crippen molar-refractivity contribution in [2.45, 2.75) is 12.8 Å². The van der Waals surface area contributed by atoms with E-state index in [9.17, 15) is 4.79 Å². The number of carbonyl (C=O) groups excluding carboxylic acids is 1. The summed E-state index contributed by atoms with van der Waals surface area (Å²) in [5.41, 5.74) is 2.64. The van der Waals surface area contributed by atoms with Crippen LogP contribution in [0.15, 0.2) is 48.7 Å². The van der Waals surface area contributed by atoms with Gasteiger partial charge in [-0.15, -0.1) is 0 Å². The van der Waals surface area contributed by atoms with E-state index in [2.05, 4.69) is 15.2 Å². The maximum atomic E-state index is 12.1. The van der Waals surface area contributed by atoms with Crippen molar-refractivity contribution >= 4 is 5.91 Å². The number of amides is 1. The number of pyridine rings is 1. The second-order valence-electron chi connectivity index (χ2n) is 5.60. The van der Waals surface area contributed by atoms with Crippen molar-refractivity contribution in [2.24, 2.45) is 0 Å². The zero-order chi connectivity index (χ0) is 15.2. The first-order valence-corrected chi connectivity index (χ1v) is 7.85. The van der Waals surface area contributed by atoms with Crippen LogP contribution >= 0.6 is 0 Å². The van der Waals surface area contributed by atoms with Crippen molar-refractivity contribution in [1.29, 1.82) is 0 Å². The molecule has 1 aromatic heterocycles. The Hall–Kier alpha value is -2.20. The smallest absolute Gasteiger partial charge is 0.251 e. The van der Waals surface area contributed by atoms with Gasteiger partial charge in [0.15, 0.2) is 0 Å². The van der Waals surface area contributed by atoms with Gasteiger partial charge in [0.25, 0.3) is 5.91 Å². The molecule has 1 amide bonds. The Kier molecular flexibility index (Phi) is 4.81. The standard InChI is InChI=1S/C18H21N3O/c22-18(20-11-14-21-12-3-4-13-21)16-8-6-15(7-9-16)17-5-1-2-10-19-17/h1-2,5-10H,3-4,11-14H2,(H,20,22). The number of likely N-dealkylation sites (tertiary alicyclic amines) is 1. The molecule has 22 heavy (non-hydrogen) atoms. The highest BCUT2D eigenvalue weighted by atomic mass is 16.1. The minimum absolute atomic E-state index is 0.00762. The van der Waals surface area contributed by atoms with Gasteiger partial charge in [0.1, 0.15) is 0 Å². The van der Waals surface area contributed by atoms with Crippen molar-refractivity contribution in [2.75, 3.05) is 26.2 Å². The molecule has 1 aromatic carbocycles. The van der Waals surface area contributed by atoms with Crippen LogP contribution in [0.25, 0.3) is 11.3 Å². The Bertz CT molecular complexity index is 604. The fraction of sp³-hybridized carbons (Fsp3) is 0.333. The number of benzene rings is 1. The zero-order valence-electron chi connectivity index (χ0n) is 12.7. The third-order valence-electron chi connectivity index (χ3n) is 4.02. The quantitative estimate of drug-likeness (QED) is 0.922. The predicted molar refractivity (Wildman–Crippen MR) is 87.7 cm³/mol. The lowest BCUT2D eigenvalue weighted by Crippen LogP contribution is -2.33. The maximum absolute atomic E-state index is 12.1. The molecule has 0 atom stereocenters. The molecule has 4 heteroatoms. The summed E-state index contributed by atoms with van der Waals surface area (Å²) in [5.74, 6) is -0.00762. The van der Waals surface area contributed by atoms with E-state index in [1.807, 2.05) is 42.5 Å². The number of rotatable bonds is 5. The molecule has 114 valence electrons. The second kappa shape index (κ2) is 7.18. The molecule has 4 nitrogen and oxygen atoms in total. The lowest BCUT2D eigenvalue weighted by atomic mass is 10.1. The predicted octanol–water partition coefficient (Wildman–Crippen LogP) is 2.57. The molecule has 0 radical (unpaired) electrons. The van der Waals surface area contributed by atoms with Gasteiger partial charge < -0.3 is 10.2 Å². The number of aromatic nitrogens is 1. The van der Waals surface area contributed by atoms with Crippen molar-refractivity contribution < 1.29 is 4.79 Å². The number of carbonyl (C=O) groups is 1. The fourth-order valence-corrected chi connectivity index (χ4v) is 2.76. The molecule has 1 fully saturated rings. The van der Waals surface area contributed by atoms with Crippen molar-refractivity contribution in [1.82, 2.24) is 15.2 Å². The summed E-state index contributed by atoms with van der Waals surface area (Å²) in [6.07, 6.45) is 4.33.